The Morgan fingerprint density at radius 1 is 1.11 bits per heavy atom. The van der Waals surface area contributed by atoms with Crippen molar-refractivity contribution in [1.82, 2.24) is 15.6 Å². The number of aliphatic hydroxyl groups is 1. The number of H-pyrrole nitrogens is 1. The number of carbonyl (C=O) groups excluding carboxylic acids is 1. The summed E-state index contributed by atoms with van der Waals surface area (Å²) in [6, 6.07) is 12.4. The Morgan fingerprint density at radius 2 is 1.89 bits per heavy atom. The molecule has 38 heavy (non-hydrogen) atoms. The van der Waals surface area contributed by atoms with Crippen molar-refractivity contribution in [2.75, 3.05) is 7.05 Å². The molecule has 0 spiro atoms. The molecule has 0 saturated heterocycles. The molecule has 2 aliphatic rings. The maximum atomic E-state index is 13.5. The molecule has 4 N–H and O–H groups in total. The molecule has 3 aromatic rings. The molecule has 0 aliphatic heterocycles. The second-order valence-corrected chi connectivity index (χ2v) is 10.5. The monoisotopic (exact) mass is 511 g/mol. The fourth-order valence-electron chi connectivity index (χ4n) is 5.30. The van der Waals surface area contributed by atoms with Crippen LogP contribution in [0.15, 0.2) is 90.1 Å². The molecular weight excluding hydrogens is 477 g/mol. The number of benzene rings is 2. The molecule has 2 aliphatic carbocycles. The number of aromatic nitrogens is 1. The van der Waals surface area contributed by atoms with Gasteiger partial charge in [-0.2, -0.15) is 0 Å². The molecular formula is C32H34FN3O2. The largest absolute Gasteiger partial charge is 0.374 e. The lowest BCUT2D eigenvalue weighted by molar-refractivity contribution is -0.118. The van der Waals surface area contributed by atoms with Crippen LogP contribution in [0.2, 0.25) is 0 Å². The van der Waals surface area contributed by atoms with E-state index in [4.69, 9.17) is 0 Å². The van der Waals surface area contributed by atoms with E-state index >= 15 is 0 Å². The highest BCUT2D eigenvalue weighted by molar-refractivity contribution is 5.97. The molecule has 196 valence electrons. The Balaban J connectivity index is 1.46. The van der Waals surface area contributed by atoms with Crippen LogP contribution < -0.4 is 10.6 Å². The van der Waals surface area contributed by atoms with Gasteiger partial charge in [0.1, 0.15) is 12.0 Å². The number of hydrogen-bond acceptors (Lipinski definition) is 3. The summed E-state index contributed by atoms with van der Waals surface area (Å²) in [4.78, 5) is 16.7. The van der Waals surface area contributed by atoms with Gasteiger partial charge in [-0.1, -0.05) is 42.5 Å². The molecule has 1 amide bonds. The van der Waals surface area contributed by atoms with Crippen LogP contribution in [0.4, 0.5) is 4.39 Å². The van der Waals surface area contributed by atoms with Gasteiger partial charge in [-0.05, 0) is 93.3 Å². The minimum Gasteiger partial charge on any atom is -0.374 e. The molecule has 1 heterocycles. The van der Waals surface area contributed by atoms with E-state index in [9.17, 15) is 14.3 Å². The molecule has 2 aromatic carbocycles. The van der Waals surface area contributed by atoms with Gasteiger partial charge in [0, 0.05) is 28.0 Å². The summed E-state index contributed by atoms with van der Waals surface area (Å²) in [6.07, 6.45) is 14.3. The molecule has 1 aromatic heterocycles. The predicted octanol–water partition coefficient (Wildman–Crippen LogP) is 6.33. The van der Waals surface area contributed by atoms with Gasteiger partial charge in [0.05, 0.1) is 11.2 Å². The highest BCUT2D eigenvalue weighted by atomic mass is 19.1. The van der Waals surface area contributed by atoms with Crippen LogP contribution in [0, 0.1) is 5.82 Å². The number of allylic oxidation sites excluding steroid dienone is 4. The number of nitrogens with one attached hydrogen (secondary N) is 3. The van der Waals surface area contributed by atoms with Crippen molar-refractivity contribution in [3.05, 3.63) is 107 Å². The Bertz CT molecular complexity index is 1470. The zero-order valence-electron chi connectivity index (χ0n) is 22.0. The molecule has 0 fully saturated rings. The SMILES string of the molecule is CNC(O)c1c(-c2ccc(F)cc2)[nH]c2ccc(C3C=C(C(=O)NC(C)(C)C4=CCCC=C4)C=CC3)cc12. The van der Waals surface area contributed by atoms with E-state index in [1.807, 2.05) is 38.1 Å². The third-order valence-corrected chi connectivity index (χ3v) is 7.44. The van der Waals surface area contributed by atoms with Crippen LogP contribution >= 0.6 is 0 Å². The number of fused-ring (bicyclic) bond motifs is 1. The van der Waals surface area contributed by atoms with Crippen LogP contribution in [0.3, 0.4) is 0 Å². The van der Waals surface area contributed by atoms with Crippen molar-refractivity contribution in [1.29, 1.82) is 0 Å². The van der Waals surface area contributed by atoms with Gasteiger partial charge in [0.15, 0.2) is 0 Å². The highest BCUT2D eigenvalue weighted by Crippen LogP contribution is 2.37. The Kier molecular flexibility index (Phi) is 7.19. The second kappa shape index (κ2) is 10.6. The first-order chi connectivity index (χ1) is 18.3. The van der Waals surface area contributed by atoms with Gasteiger partial charge in [0.25, 0.3) is 5.91 Å². The fraction of sp³-hybridized carbons (Fsp3) is 0.281. The summed E-state index contributed by atoms with van der Waals surface area (Å²) in [5.41, 5.74) is 5.48. The smallest absolute Gasteiger partial charge is 0.251 e. The summed E-state index contributed by atoms with van der Waals surface area (Å²) in [5, 5.41) is 17.9. The maximum Gasteiger partial charge on any atom is 0.251 e. The summed E-state index contributed by atoms with van der Waals surface area (Å²) < 4.78 is 13.5. The summed E-state index contributed by atoms with van der Waals surface area (Å²) in [7, 11) is 1.70. The lowest BCUT2D eigenvalue weighted by Crippen LogP contribution is -2.45. The zero-order chi connectivity index (χ0) is 26.9. The van der Waals surface area contributed by atoms with E-state index in [2.05, 4.69) is 46.0 Å². The Labute approximate surface area is 222 Å². The number of aliphatic hydroxyl groups excluding tert-OH is 1. The number of aromatic amines is 1. The van der Waals surface area contributed by atoms with Gasteiger partial charge in [0.2, 0.25) is 0 Å². The standard InChI is InChI=1S/C32H34FN3O2/c1-32(2,24-10-5-4-6-11-24)36-30(37)23-9-7-8-21(18-23)22-14-17-27-26(19-22)28(31(38)34-3)29(35-27)20-12-15-25(33)16-13-20/h5,7,9-19,21,31,34-35,38H,4,6,8H2,1-3H3,(H,36,37). The third-order valence-electron chi connectivity index (χ3n) is 7.44. The highest BCUT2D eigenvalue weighted by Gasteiger charge is 2.27. The molecule has 0 bridgehead atoms. The van der Waals surface area contributed by atoms with Crippen LogP contribution in [0.1, 0.15) is 56.4 Å². The van der Waals surface area contributed by atoms with Crippen molar-refractivity contribution in [3.8, 4) is 11.3 Å². The van der Waals surface area contributed by atoms with Crippen molar-refractivity contribution in [2.45, 2.75) is 50.8 Å². The van der Waals surface area contributed by atoms with Crippen LogP contribution in [0.5, 0.6) is 0 Å². The number of rotatable bonds is 7. The molecule has 5 rings (SSSR count). The summed E-state index contributed by atoms with van der Waals surface area (Å²) >= 11 is 0. The quantitative estimate of drug-likeness (QED) is 0.280. The van der Waals surface area contributed by atoms with Crippen LogP contribution in [0.25, 0.3) is 22.2 Å². The van der Waals surface area contributed by atoms with Gasteiger partial charge >= 0.3 is 0 Å². The molecule has 2 atom stereocenters. The average Bonchev–Trinajstić information content (AvgIpc) is 3.32. The molecule has 6 heteroatoms. The maximum absolute atomic E-state index is 13.5. The molecule has 0 radical (unpaired) electrons. The van der Waals surface area contributed by atoms with Gasteiger partial charge in [-0.15, -0.1) is 0 Å². The Hall–Kier alpha value is -3.74. The normalized spacial score (nSPS) is 18.3. The zero-order valence-corrected chi connectivity index (χ0v) is 22.0. The second-order valence-electron chi connectivity index (χ2n) is 10.5. The van der Waals surface area contributed by atoms with Crippen molar-refractivity contribution < 1.29 is 14.3 Å². The minimum atomic E-state index is -0.910. The third kappa shape index (κ3) is 5.15. The van der Waals surface area contributed by atoms with Crippen LogP contribution in [-0.2, 0) is 4.79 Å². The number of halogens is 1. The minimum absolute atomic E-state index is 0.0193. The first-order valence-corrected chi connectivity index (χ1v) is 13.1. The Morgan fingerprint density at radius 3 is 2.61 bits per heavy atom. The molecule has 0 saturated carbocycles. The van der Waals surface area contributed by atoms with Gasteiger partial charge < -0.3 is 15.4 Å². The van der Waals surface area contributed by atoms with Gasteiger partial charge in [-0.3, -0.25) is 10.1 Å². The predicted molar refractivity (Wildman–Crippen MR) is 151 cm³/mol. The summed E-state index contributed by atoms with van der Waals surface area (Å²) in [6.45, 7) is 4.06. The lowest BCUT2D eigenvalue weighted by Gasteiger charge is -2.30. The number of amides is 1. The van der Waals surface area contributed by atoms with Gasteiger partial charge in [-0.25, -0.2) is 4.39 Å². The van der Waals surface area contributed by atoms with Crippen molar-refractivity contribution >= 4 is 16.8 Å². The van der Waals surface area contributed by atoms with E-state index in [-0.39, 0.29) is 17.6 Å². The average molecular weight is 512 g/mol. The van der Waals surface area contributed by atoms with Crippen molar-refractivity contribution in [3.63, 3.8) is 0 Å². The van der Waals surface area contributed by atoms with E-state index in [1.54, 1.807) is 19.2 Å². The van der Waals surface area contributed by atoms with Crippen molar-refractivity contribution in [2.24, 2.45) is 0 Å². The molecule has 2 unspecified atom stereocenters. The summed E-state index contributed by atoms with van der Waals surface area (Å²) in [5.74, 6) is -0.385. The van der Waals surface area contributed by atoms with E-state index in [1.165, 1.54) is 12.1 Å². The topological polar surface area (TPSA) is 77.2 Å². The fourth-order valence-corrected chi connectivity index (χ4v) is 5.30. The van der Waals surface area contributed by atoms with Crippen LogP contribution in [-0.4, -0.2) is 28.6 Å². The first kappa shape index (κ1) is 25.9. The van der Waals surface area contributed by atoms with E-state index in [0.717, 1.165) is 52.6 Å². The number of carbonyl (C=O) groups is 1. The van der Waals surface area contributed by atoms with E-state index < -0.39 is 11.8 Å². The molecule has 5 nitrogen and oxygen atoms in total. The van der Waals surface area contributed by atoms with E-state index in [0.29, 0.717) is 11.1 Å². The number of hydrogen-bond donors (Lipinski definition) is 4. The lowest BCUT2D eigenvalue weighted by atomic mass is 9.87. The first-order valence-electron chi connectivity index (χ1n) is 13.1.